The molecular formula is C11H14BrN5O. The summed E-state index contributed by atoms with van der Waals surface area (Å²) in [6.07, 6.45) is 0. The van der Waals surface area contributed by atoms with Crippen LogP contribution in [0.1, 0.15) is 24.4 Å². The summed E-state index contributed by atoms with van der Waals surface area (Å²) in [7, 11) is 1.71. The molecule has 0 amide bonds. The van der Waals surface area contributed by atoms with E-state index < -0.39 is 0 Å². The lowest BCUT2D eigenvalue weighted by molar-refractivity contribution is 0.291. The first kappa shape index (κ1) is 13.0. The largest absolute Gasteiger partial charge is 0.485 e. The number of benzene rings is 1. The van der Waals surface area contributed by atoms with Crippen LogP contribution in [-0.2, 0) is 13.7 Å². The average molecular weight is 312 g/mol. The molecule has 1 aromatic heterocycles. The van der Waals surface area contributed by atoms with E-state index in [0.717, 1.165) is 15.8 Å². The number of aromatic nitrogens is 4. The molecule has 0 radical (unpaired) electrons. The fourth-order valence-electron chi connectivity index (χ4n) is 1.53. The van der Waals surface area contributed by atoms with Crippen LogP contribution in [0, 0.1) is 0 Å². The molecule has 2 rings (SSSR count). The molecule has 0 bridgehead atoms. The molecule has 96 valence electrons. The molecule has 1 atom stereocenters. The van der Waals surface area contributed by atoms with E-state index in [0.29, 0.717) is 5.82 Å². The van der Waals surface area contributed by atoms with Crippen LogP contribution < -0.4 is 10.5 Å². The molecule has 1 aromatic carbocycles. The molecular weight excluding hydrogens is 298 g/mol. The third-order valence-electron chi connectivity index (χ3n) is 2.37. The Kier molecular flexibility index (Phi) is 3.93. The van der Waals surface area contributed by atoms with Crippen molar-refractivity contribution in [2.24, 2.45) is 12.8 Å². The highest BCUT2D eigenvalue weighted by atomic mass is 79.9. The predicted molar refractivity (Wildman–Crippen MR) is 69.9 cm³/mol. The minimum Gasteiger partial charge on any atom is -0.485 e. The highest BCUT2D eigenvalue weighted by Crippen LogP contribution is 2.27. The van der Waals surface area contributed by atoms with Gasteiger partial charge in [-0.05, 0) is 30.3 Å². The van der Waals surface area contributed by atoms with Crippen molar-refractivity contribution in [2.75, 3.05) is 0 Å². The van der Waals surface area contributed by atoms with Crippen LogP contribution in [0.4, 0.5) is 0 Å². The first-order valence-electron chi connectivity index (χ1n) is 5.47. The highest BCUT2D eigenvalue weighted by Gasteiger charge is 2.10. The standard InChI is InChI=1S/C11H14BrN5O/c1-7(13)9-5-8(12)3-4-10(9)18-6-11-14-16-17(2)15-11/h3-5,7H,6,13H2,1-2H3. The topological polar surface area (TPSA) is 78.9 Å². The Morgan fingerprint density at radius 1 is 1.50 bits per heavy atom. The van der Waals surface area contributed by atoms with Crippen LogP contribution in [0.25, 0.3) is 0 Å². The van der Waals surface area contributed by atoms with Gasteiger partial charge in [0.05, 0.1) is 7.05 Å². The quantitative estimate of drug-likeness (QED) is 0.927. The van der Waals surface area contributed by atoms with Gasteiger partial charge in [-0.2, -0.15) is 4.80 Å². The summed E-state index contributed by atoms with van der Waals surface area (Å²) in [5.74, 6) is 1.27. The Morgan fingerprint density at radius 2 is 2.28 bits per heavy atom. The van der Waals surface area contributed by atoms with Crippen LogP contribution in [0.2, 0.25) is 0 Å². The van der Waals surface area contributed by atoms with Crippen molar-refractivity contribution in [2.45, 2.75) is 19.6 Å². The zero-order valence-corrected chi connectivity index (χ0v) is 11.8. The van der Waals surface area contributed by atoms with Gasteiger partial charge in [-0.25, -0.2) is 0 Å². The van der Waals surface area contributed by atoms with Crippen molar-refractivity contribution in [3.05, 3.63) is 34.1 Å². The summed E-state index contributed by atoms with van der Waals surface area (Å²) in [5, 5.41) is 11.6. The summed E-state index contributed by atoms with van der Waals surface area (Å²) in [6, 6.07) is 5.63. The SMILES string of the molecule is CC(N)c1cc(Br)ccc1OCc1nnn(C)n1. The zero-order valence-electron chi connectivity index (χ0n) is 10.2. The van der Waals surface area contributed by atoms with Gasteiger partial charge < -0.3 is 10.5 Å². The number of tetrazole rings is 1. The number of nitrogens with two attached hydrogens (primary N) is 1. The van der Waals surface area contributed by atoms with E-state index in [-0.39, 0.29) is 12.6 Å². The number of ether oxygens (including phenoxy) is 1. The number of hydrogen-bond acceptors (Lipinski definition) is 5. The minimum atomic E-state index is -0.104. The molecule has 0 saturated carbocycles. The molecule has 2 N–H and O–H groups in total. The summed E-state index contributed by atoms with van der Waals surface area (Å²) in [6.45, 7) is 2.18. The number of rotatable bonds is 4. The van der Waals surface area contributed by atoms with E-state index in [4.69, 9.17) is 10.5 Å². The zero-order chi connectivity index (χ0) is 13.1. The monoisotopic (exact) mass is 311 g/mol. The lowest BCUT2D eigenvalue weighted by atomic mass is 10.1. The third kappa shape index (κ3) is 3.05. The summed E-state index contributed by atoms with van der Waals surface area (Å²) in [4.78, 5) is 1.40. The van der Waals surface area contributed by atoms with Crippen molar-refractivity contribution in [3.63, 3.8) is 0 Å². The lowest BCUT2D eigenvalue weighted by Gasteiger charge is -2.13. The van der Waals surface area contributed by atoms with E-state index >= 15 is 0 Å². The molecule has 18 heavy (non-hydrogen) atoms. The van der Waals surface area contributed by atoms with E-state index in [1.54, 1.807) is 7.05 Å². The van der Waals surface area contributed by atoms with Crippen molar-refractivity contribution < 1.29 is 4.74 Å². The van der Waals surface area contributed by atoms with Crippen LogP contribution in [0.5, 0.6) is 5.75 Å². The van der Waals surface area contributed by atoms with E-state index in [2.05, 4.69) is 31.3 Å². The van der Waals surface area contributed by atoms with Crippen molar-refractivity contribution >= 4 is 15.9 Å². The Morgan fingerprint density at radius 3 is 2.89 bits per heavy atom. The molecule has 7 heteroatoms. The normalized spacial score (nSPS) is 12.4. The first-order valence-corrected chi connectivity index (χ1v) is 6.26. The van der Waals surface area contributed by atoms with E-state index in [1.165, 1.54) is 4.80 Å². The second-order valence-electron chi connectivity index (χ2n) is 3.95. The van der Waals surface area contributed by atoms with Gasteiger partial charge in [-0.3, -0.25) is 0 Å². The second-order valence-corrected chi connectivity index (χ2v) is 4.87. The number of aryl methyl sites for hydroxylation is 1. The van der Waals surface area contributed by atoms with Crippen LogP contribution in [-0.4, -0.2) is 20.2 Å². The highest BCUT2D eigenvalue weighted by molar-refractivity contribution is 9.10. The van der Waals surface area contributed by atoms with Gasteiger partial charge in [0.25, 0.3) is 0 Å². The molecule has 1 unspecified atom stereocenters. The second kappa shape index (κ2) is 5.45. The number of nitrogens with zero attached hydrogens (tertiary/aromatic N) is 4. The maximum atomic E-state index is 5.91. The van der Waals surface area contributed by atoms with Crippen molar-refractivity contribution in [1.29, 1.82) is 0 Å². The Bertz CT molecular complexity index is 540. The van der Waals surface area contributed by atoms with Gasteiger partial charge in [-0.15, -0.1) is 10.2 Å². The average Bonchev–Trinajstić information content (AvgIpc) is 2.73. The Hall–Kier alpha value is -1.47. The van der Waals surface area contributed by atoms with Gasteiger partial charge >= 0.3 is 0 Å². The summed E-state index contributed by atoms with van der Waals surface area (Å²) >= 11 is 3.41. The molecule has 0 aliphatic rings. The molecule has 0 aliphatic heterocycles. The molecule has 2 aromatic rings. The Labute approximate surface area is 113 Å². The van der Waals surface area contributed by atoms with Crippen LogP contribution >= 0.6 is 15.9 Å². The van der Waals surface area contributed by atoms with E-state index in [1.807, 2.05) is 25.1 Å². The smallest absolute Gasteiger partial charge is 0.212 e. The van der Waals surface area contributed by atoms with Crippen molar-refractivity contribution in [3.8, 4) is 5.75 Å². The van der Waals surface area contributed by atoms with Gasteiger partial charge in [0.2, 0.25) is 5.82 Å². The number of hydrogen-bond donors (Lipinski definition) is 1. The maximum Gasteiger partial charge on any atom is 0.212 e. The fourth-order valence-corrected chi connectivity index (χ4v) is 1.91. The predicted octanol–water partition coefficient (Wildman–Crippen LogP) is 1.57. The van der Waals surface area contributed by atoms with E-state index in [9.17, 15) is 0 Å². The molecule has 0 saturated heterocycles. The molecule has 0 fully saturated rings. The molecule has 0 spiro atoms. The first-order chi connectivity index (χ1) is 8.56. The maximum absolute atomic E-state index is 5.91. The number of halogens is 1. The van der Waals surface area contributed by atoms with Gasteiger partial charge in [0, 0.05) is 16.1 Å². The van der Waals surface area contributed by atoms with Crippen molar-refractivity contribution in [1.82, 2.24) is 20.2 Å². The van der Waals surface area contributed by atoms with Gasteiger partial charge in [-0.1, -0.05) is 15.9 Å². The van der Waals surface area contributed by atoms with Gasteiger partial charge in [0.1, 0.15) is 5.75 Å². The minimum absolute atomic E-state index is 0.104. The van der Waals surface area contributed by atoms with Gasteiger partial charge in [0.15, 0.2) is 6.61 Å². The lowest BCUT2D eigenvalue weighted by Crippen LogP contribution is -2.08. The van der Waals surface area contributed by atoms with Crippen LogP contribution in [0.15, 0.2) is 22.7 Å². The fraction of sp³-hybridized carbons (Fsp3) is 0.364. The summed E-state index contributed by atoms with van der Waals surface area (Å²) in [5.41, 5.74) is 6.85. The molecule has 6 nitrogen and oxygen atoms in total. The molecule has 1 heterocycles. The molecule has 0 aliphatic carbocycles. The van der Waals surface area contributed by atoms with Crippen LogP contribution in [0.3, 0.4) is 0 Å². The summed E-state index contributed by atoms with van der Waals surface area (Å²) < 4.78 is 6.65. The Balaban J connectivity index is 2.13. The third-order valence-corrected chi connectivity index (χ3v) is 2.86.